The molecular weight excluding hydrogens is 448 g/mol. The second kappa shape index (κ2) is 10.1. The number of nitrogens with one attached hydrogen (secondary N) is 1. The van der Waals surface area contributed by atoms with Crippen molar-refractivity contribution < 1.29 is 9.53 Å². The molecule has 0 unspecified atom stereocenters. The molecule has 8 nitrogen and oxygen atoms in total. The number of fused-ring (bicyclic) bond motifs is 2. The number of esters is 1. The van der Waals surface area contributed by atoms with Gasteiger partial charge in [0.05, 0.1) is 24.2 Å². The van der Waals surface area contributed by atoms with E-state index in [1.54, 1.807) is 0 Å². The summed E-state index contributed by atoms with van der Waals surface area (Å²) in [4.78, 5) is 30.8. The van der Waals surface area contributed by atoms with Gasteiger partial charge in [0.15, 0.2) is 0 Å². The lowest BCUT2D eigenvalue weighted by Gasteiger charge is -2.25. The first-order valence-electron chi connectivity index (χ1n) is 12.0. The number of pyridine rings is 1. The Kier molecular flexibility index (Phi) is 6.73. The summed E-state index contributed by atoms with van der Waals surface area (Å²) >= 11 is 1.40. The largest absolute Gasteiger partial charge is 0.462 e. The van der Waals surface area contributed by atoms with Crippen LogP contribution in [0.1, 0.15) is 52.9 Å². The molecule has 0 atom stereocenters. The van der Waals surface area contributed by atoms with Crippen molar-refractivity contribution in [1.29, 1.82) is 0 Å². The Balaban J connectivity index is 1.42. The predicted octanol–water partition coefficient (Wildman–Crippen LogP) is 4.46. The molecule has 0 saturated carbocycles. The molecule has 9 heteroatoms. The summed E-state index contributed by atoms with van der Waals surface area (Å²) in [6.45, 7) is 7.69. The summed E-state index contributed by atoms with van der Waals surface area (Å²) < 4.78 is 7.31. The molecular formula is C25H30N6O2S. The van der Waals surface area contributed by atoms with Crippen LogP contribution in [0, 0.1) is 6.92 Å². The molecule has 0 radical (unpaired) electrons. The molecule has 1 fully saturated rings. The van der Waals surface area contributed by atoms with Crippen LogP contribution in [0.25, 0.3) is 15.9 Å². The Morgan fingerprint density at radius 2 is 2.03 bits per heavy atom. The maximum absolute atomic E-state index is 12.5. The monoisotopic (exact) mass is 478 g/mol. The maximum atomic E-state index is 12.5. The fourth-order valence-electron chi connectivity index (χ4n) is 4.51. The number of likely N-dealkylation sites (tertiary alicyclic amines) is 1. The average molecular weight is 479 g/mol. The Morgan fingerprint density at radius 1 is 1.18 bits per heavy atom. The Morgan fingerprint density at radius 3 is 2.82 bits per heavy atom. The predicted molar refractivity (Wildman–Crippen MR) is 135 cm³/mol. The lowest BCUT2D eigenvalue weighted by atomic mass is 10.1. The first-order valence-corrected chi connectivity index (χ1v) is 12.8. The van der Waals surface area contributed by atoms with E-state index in [0.29, 0.717) is 18.0 Å². The van der Waals surface area contributed by atoms with Crippen molar-refractivity contribution in [3.05, 3.63) is 52.6 Å². The van der Waals surface area contributed by atoms with E-state index in [1.165, 1.54) is 30.6 Å². The fourth-order valence-corrected chi connectivity index (χ4v) is 5.60. The summed E-state index contributed by atoms with van der Waals surface area (Å²) in [6, 6.07) is 5.99. The summed E-state index contributed by atoms with van der Waals surface area (Å²) in [5.74, 6) is 1.28. The molecule has 4 aromatic heterocycles. The highest BCUT2D eigenvalue weighted by Crippen LogP contribution is 2.34. The van der Waals surface area contributed by atoms with Crippen molar-refractivity contribution in [3.8, 4) is 0 Å². The smallest absolute Gasteiger partial charge is 0.348 e. The highest BCUT2D eigenvalue weighted by atomic mass is 32.1. The zero-order valence-corrected chi connectivity index (χ0v) is 20.5. The van der Waals surface area contributed by atoms with Crippen molar-refractivity contribution >= 4 is 39.0 Å². The number of rotatable bonds is 8. The Hall–Kier alpha value is -3.04. The lowest BCUT2D eigenvalue weighted by molar-refractivity contribution is 0.0531. The molecule has 178 valence electrons. The van der Waals surface area contributed by atoms with Crippen LogP contribution in [0.2, 0.25) is 0 Å². The van der Waals surface area contributed by atoms with Gasteiger partial charge in [0.1, 0.15) is 27.0 Å². The molecule has 1 saturated heterocycles. The highest BCUT2D eigenvalue weighted by molar-refractivity contribution is 7.20. The maximum Gasteiger partial charge on any atom is 0.348 e. The molecule has 5 rings (SSSR count). The third kappa shape index (κ3) is 4.76. The van der Waals surface area contributed by atoms with Crippen LogP contribution in [0.4, 0.5) is 5.82 Å². The number of hydrogen-bond donors (Lipinski definition) is 1. The third-order valence-electron chi connectivity index (χ3n) is 6.20. The molecule has 1 aliphatic rings. The number of aromatic nitrogens is 4. The van der Waals surface area contributed by atoms with Crippen molar-refractivity contribution in [2.45, 2.75) is 46.1 Å². The number of aryl methyl sites for hydroxylation is 1. The molecule has 1 N–H and O–H groups in total. The molecule has 0 aliphatic carbocycles. The first kappa shape index (κ1) is 22.7. The number of ether oxygens (including phenoxy) is 1. The summed E-state index contributed by atoms with van der Waals surface area (Å²) in [6.07, 6.45) is 8.56. The minimum atomic E-state index is -0.295. The normalized spacial score (nSPS) is 14.6. The van der Waals surface area contributed by atoms with Gasteiger partial charge in [-0.1, -0.05) is 12.5 Å². The molecule has 34 heavy (non-hydrogen) atoms. The van der Waals surface area contributed by atoms with Gasteiger partial charge in [-0.15, -0.1) is 11.3 Å². The SMILES string of the molecule is CCOC(=O)c1sc2nc(CN3CCCCC3)nc(NCCc3cn4ccccc4n3)c2c1C. The van der Waals surface area contributed by atoms with Crippen LogP contribution in [0.15, 0.2) is 30.6 Å². The van der Waals surface area contributed by atoms with Gasteiger partial charge in [0.25, 0.3) is 0 Å². The Labute approximate surface area is 203 Å². The summed E-state index contributed by atoms with van der Waals surface area (Å²) in [5, 5.41) is 4.43. The van der Waals surface area contributed by atoms with Crippen LogP contribution in [-0.2, 0) is 17.7 Å². The topological polar surface area (TPSA) is 84.6 Å². The number of hydrogen-bond acceptors (Lipinski definition) is 8. The van der Waals surface area contributed by atoms with Gasteiger partial charge in [-0.2, -0.15) is 0 Å². The van der Waals surface area contributed by atoms with E-state index < -0.39 is 0 Å². The number of carbonyl (C=O) groups excluding carboxylic acids is 1. The van der Waals surface area contributed by atoms with Crippen LogP contribution < -0.4 is 5.32 Å². The van der Waals surface area contributed by atoms with E-state index in [9.17, 15) is 4.79 Å². The lowest BCUT2D eigenvalue weighted by Crippen LogP contribution is -2.30. The van der Waals surface area contributed by atoms with Gasteiger partial charge in [-0.25, -0.2) is 19.7 Å². The average Bonchev–Trinajstić information content (AvgIpc) is 3.40. The van der Waals surface area contributed by atoms with Gasteiger partial charge in [-0.05, 0) is 57.5 Å². The number of carbonyl (C=O) groups is 1. The molecule has 0 spiro atoms. The van der Waals surface area contributed by atoms with Gasteiger partial charge < -0.3 is 14.5 Å². The molecule has 5 heterocycles. The zero-order chi connectivity index (χ0) is 23.5. The second-order valence-corrected chi connectivity index (χ2v) is 9.66. The van der Waals surface area contributed by atoms with Gasteiger partial charge >= 0.3 is 5.97 Å². The minimum absolute atomic E-state index is 0.295. The zero-order valence-electron chi connectivity index (χ0n) is 19.7. The molecule has 0 bridgehead atoms. The second-order valence-electron chi connectivity index (χ2n) is 8.66. The minimum Gasteiger partial charge on any atom is -0.462 e. The van der Waals surface area contributed by atoms with Gasteiger partial charge in [-0.3, -0.25) is 4.90 Å². The number of piperidine rings is 1. The van der Waals surface area contributed by atoms with Gasteiger partial charge in [0, 0.05) is 25.4 Å². The van der Waals surface area contributed by atoms with E-state index in [0.717, 1.165) is 64.8 Å². The fraction of sp³-hybridized carbons (Fsp3) is 0.440. The highest BCUT2D eigenvalue weighted by Gasteiger charge is 2.22. The molecule has 4 aromatic rings. The van der Waals surface area contributed by atoms with Crippen molar-refractivity contribution in [2.75, 3.05) is 31.6 Å². The summed E-state index contributed by atoms with van der Waals surface area (Å²) in [5.41, 5.74) is 2.84. The molecule has 0 aromatic carbocycles. The van der Waals surface area contributed by atoms with Crippen LogP contribution >= 0.6 is 11.3 Å². The first-order chi connectivity index (χ1) is 16.6. The standard InChI is InChI=1S/C25H30N6O2S/c1-3-33-25(32)22-17(2)21-23(26-11-10-18-15-31-14-8-5-9-20(31)27-18)28-19(29-24(21)34-22)16-30-12-6-4-7-13-30/h5,8-9,14-15H,3-4,6-7,10-13,16H2,1-2H3,(H,26,28,29). The van der Waals surface area contributed by atoms with E-state index in [-0.39, 0.29) is 5.97 Å². The van der Waals surface area contributed by atoms with E-state index in [4.69, 9.17) is 19.7 Å². The van der Waals surface area contributed by atoms with Crippen LogP contribution in [0.3, 0.4) is 0 Å². The number of anilines is 1. The number of imidazole rings is 1. The third-order valence-corrected chi connectivity index (χ3v) is 7.36. The van der Waals surface area contributed by atoms with Crippen molar-refractivity contribution in [2.24, 2.45) is 0 Å². The molecule has 1 aliphatic heterocycles. The van der Waals surface area contributed by atoms with E-state index >= 15 is 0 Å². The van der Waals surface area contributed by atoms with Crippen molar-refractivity contribution in [3.63, 3.8) is 0 Å². The van der Waals surface area contributed by atoms with Crippen LogP contribution in [-0.4, -0.2) is 56.5 Å². The Bertz CT molecular complexity index is 1270. The van der Waals surface area contributed by atoms with E-state index in [2.05, 4.69) is 16.4 Å². The number of nitrogens with zero attached hydrogens (tertiary/aromatic N) is 5. The number of thiophene rings is 1. The molecule has 0 amide bonds. The summed E-state index contributed by atoms with van der Waals surface area (Å²) in [7, 11) is 0. The quantitative estimate of drug-likeness (QED) is 0.374. The van der Waals surface area contributed by atoms with Crippen LogP contribution in [0.5, 0.6) is 0 Å². The van der Waals surface area contributed by atoms with E-state index in [1.807, 2.05) is 42.6 Å². The van der Waals surface area contributed by atoms with Gasteiger partial charge in [0.2, 0.25) is 0 Å². The van der Waals surface area contributed by atoms with Crippen molar-refractivity contribution in [1.82, 2.24) is 24.3 Å².